The van der Waals surface area contributed by atoms with Gasteiger partial charge in [0.1, 0.15) is 12.3 Å². The van der Waals surface area contributed by atoms with E-state index in [1.807, 2.05) is 6.92 Å². The Kier molecular flexibility index (Phi) is 5.92. The van der Waals surface area contributed by atoms with Crippen LogP contribution in [0.2, 0.25) is 0 Å². The smallest absolute Gasteiger partial charge is 0.406 e. The molecule has 1 aromatic rings. The molecule has 1 amide bonds. The summed E-state index contributed by atoms with van der Waals surface area (Å²) in [5, 5.41) is 0. The fourth-order valence-electron chi connectivity index (χ4n) is 1.72. The molecule has 108 valence electrons. The van der Waals surface area contributed by atoms with E-state index >= 15 is 0 Å². The molecule has 0 aliphatic carbocycles. The first-order valence-electron chi connectivity index (χ1n) is 6.29. The van der Waals surface area contributed by atoms with Crippen molar-refractivity contribution in [2.45, 2.75) is 45.3 Å². The third-order valence-corrected chi connectivity index (χ3v) is 2.64. The van der Waals surface area contributed by atoms with Gasteiger partial charge in [-0.2, -0.15) is 13.2 Å². The molecule has 0 aliphatic heterocycles. The number of rotatable bonds is 7. The number of hydrogen-bond donors (Lipinski definition) is 0. The van der Waals surface area contributed by atoms with Gasteiger partial charge in [-0.05, 0) is 18.6 Å². The normalized spacial score (nSPS) is 11.6. The zero-order chi connectivity index (χ0) is 14.3. The standard InChI is InChI=1S/C13H18F3NO2/c1-2-3-4-7-12(18)17(10-13(14,15)16)9-11-6-5-8-19-11/h5-6,8H,2-4,7,9-10H2,1H3. The van der Waals surface area contributed by atoms with Crippen molar-refractivity contribution in [3.63, 3.8) is 0 Å². The zero-order valence-electron chi connectivity index (χ0n) is 10.9. The van der Waals surface area contributed by atoms with E-state index in [4.69, 9.17) is 4.42 Å². The summed E-state index contributed by atoms with van der Waals surface area (Å²) < 4.78 is 42.4. The quantitative estimate of drug-likeness (QED) is 0.711. The second-order valence-corrected chi connectivity index (χ2v) is 4.40. The van der Waals surface area contributed by atoms with Gasteiger partial charge in [-0.3, -0.25) is 4.79 Å². The Balaban J connectivity index is 2.60. The average molecular weight is 277 g/mol. The van der Waals surface area contributed by atoms with Gasteiger partial charge in [-0.25, -0.2) is 0 Å². The minimum absolute atomic E-state index is 0.141. The van der Waals surface area contributed by atoms with Crippen LogP contribution in [0.3, 0.4) is 0 Å². The average Bonchev–Trinajstić information content (AvgIpc) is 2.79. The van der Waals surface area contributed by atoms with Crippen LogP contribution in [0.4, 0.5) is 13.2 Å². The number of carbonyl (C=O) groups is 1. The fraction of sp³-hybridized carbons (Fsp3) is 0.615. The van der Waals surface area contributed by atoms with Gasteiger partial charge in [0, 0.05) is 6.42 Å². The molecule has 0 fully saturated rings. The molecule has 3 nitrogen and oxygen atoms in total. The maximum atomic E-state index is 12.5. The number of hydrogen-bond acceptors (Lipinski definition) is 2. The SMILES string of the molecule is CCCCCC(=O)N(Cc1ccco1)CC(F)(F)F. The molecule has 0 N–H and O–H groups in total. The molecule has 0 saturated heterocycles. The van der Waals surface area contributed by atoms with Crippen molar-refractivity contribution in [1.29, 1.82) is 0 Å². The second kappa shape index (κ2) is 7.21. The Morgan fingerprint density at radius 1 is 1.37 bits per heavy atom. The zero-order valence-corrected chi connectivity index (χ0v) is 10.9. The molecule has 1 aromatic heterocycles. The molecule has 6 heteroatoms. The third-order valence-electron chi connectivity index (χ3n) is 2.64. The molecule has 19 heavy (non-hydrogen) atoms. The highest BCUT2D eigenvalue weighted by Crippen LogP contribution is 2.19. The maximum Gasteiger partial charge on any atom is 0.406 e. The van der Waals surface area contributed by atoms with Crippen LogP contribution >= 0.6 is 0 Å². The number of unbranched alkanes of at least 4 members (excludes halogenated alkanes) is 2. The third kappa shape index (κ3) is 6.31. The highest BCUT2D eigenvalue weighted by atomic mass is 19.4. The van der Waals surface area contributed by atoms with E-state index in [0.717, 1.165) is 17.7 Å². The lowest BCUT2D eigenvalue weighted by atomic mass is 10.2. The monoisotopic (exact) mass is 277 g/mol. The molecule has 0 aromatic carbocycles. The summed E-state index contributed by atoms with van der Waals surface area (Å²) in [5.74, 6) is -0.129. The van der Waals surface area contributed by atoms with Gasteiger partial charge < -0.3 is 9.32 Å². The number of nitrogens with zero attached hydrogens (tertiary/aromatic N) is 1. The Morgan fingerprint density at radius 2 is 2.11 bits per heavy atom. The summed E-state index contributed by atoms with van der Waals surface area (Å²) in [6.07, 6.45) is -0.501. The molecule has 0 radical (unpaired) electrons. The summed E-state index contributed by atoms with van der Waals surface area (Å²) >= 11 is 0. The minimum Gasteiger partial charge on any atom is -0.467 e. The maximum absolute atomic E-state index is 12.5. The van der Waals surface area contributed by atoms with Crippen LogP contribution in [0.5, 0.6) is 0 Å². The summed E-state index contributed by atoms with van der Waals surface area (Å²) in [6, 6.07) is 3.14. The minimum atomic E-state index is -4.40. The molecule has 0 saturated carbocycles. The summed E-state index contributed by atoms with van der Waals surface area (Å²) in [7, 11) is 0. The van der Waals surface area contributed by atoms with Crippen molar-refractivity contribution in [1.82, 2.24) is 4.90 Å². The highest BCUT2D eigenvalue weighted by molar-refractivity contribution is 5.76. The van der Waals surface area contributed by atoms with Crippen LogP contribution in [0, 0.1) is 0 Å². The molecule has 0 bridgehead atoms. The van der Waals surface area contributed by atoms with E-state index in [1.54, 1.807) is 12.1 Å². The largest absolute Gasteiger partial charge is 0.467 e. The first-order valence-corrected chi connectivity index (χ1v) is 6.29. The molecule has 0 spiro atoms. The van der Waals surface area contributed by atoms with E-state index in [2.05, 4.69) is 0 Å². The van der Waals surface area contributed by atoms with E-state index < -0.39 is 18.6 Å². The van der Waals surface area contributed by atoms with Gasteiger partial charge in [0.2, 0.25) is 5.91 Å². The summed E-state index contributed by atoms with van der Waals surface area (Å²) in [6.45, 7) is 0.594. The number of amides is 1. The van der Waals surface area contributed by atoms with Crippen LogP contribution in [0.25, 0.3) is 0 Å². The van der Waals surface area contributed by atoms with E-state index in [1.165, 1.54) is 6.26 Å². The summed E-state index contributed by atoms with van der Waals surface area (Å²) in [5.41, 5.74) is 0. The predicted molar refractivity (Wildman–Crippen MR) is 64.3 cm³/mol. The Bertz CT molecular complexity index is 374. The Morgan fingerprint density at radius 3 is 2.63 bits per heavy atom. The molecule has 1 heterocycles. The Hall–Kier alpha value is -1.46. The second-order valence-electron chi connectivity index (χ2n) is 4.40. The van der Waals surface area contributed by atoms with Crippen molar-refractivity contribution < 1.29 is 22.4 Å². The van der Waals surface area contributed by atoms with Gasteiger partial charge in [0.25, 0.3) is 0 Å². The highest BCUT2D eigenvalue weighted by Gasteiger charge is 2.33. The lowest BCUT2D eigenvalue weighted by Gasteiger charge is -2.23. The van der Waals surface area contributed by atoms with Crippen molar-refractivity contribution in [3.05, 3.63) is 24.2 Å². The Labute approximate surface area is 110 Å². The first kappa shape index (κ1) is 15.6. The van der Waals surface area contributed by atoms with Gasteiger partial charge >= 0.3 is 6.18 Å². The van der Waals surface area contributed by atoms with Crippen molar-refractivity contribution >= 4 is 5.91 Å². The van der Waals surface area contributed by atoms with Crippen molar-refractivity contribution in [3.8, 4) is 0 Å². The first-order chi connectivity index (χ1) is 8.92. The molecule has 0 aliphatic rings. The van der Waals surface area contributed by atoms with Gasteiger partial charge in [-0.1, -0.05) is 19.8 Å². The molecular formula is C13H18F3NO2. The van der Waals surface area contributed by atoms with E-state index in [9.17, 15) is 18.0 Å². The van der Waals surface area contributed by atoms with Crippen molar-refractivity contribution in [2.24, 2.45) is 0 Å². The fourth-order valence-corrected chi connectivity index (χ4v) is 1.72. The predicted octanol–water partition coefficient (Wildman–Crippen LogP) is 3.75. The van der Waals surface area contributed by atoms with E-state index in [0.29, 0.717) is 12.2 Å². The van der Waals surface area contributed by atoms with Gasteiger partial charge in [0.05, 0.1) is 12.8 Å². The lowest BCUT2D eigenvalue weighted by Crippen LogP contribution is -2.38. The van der Waals surface area contributed by atoms with Gasteiger partial charge in [0.15, 0.2) is 0 Å². The van der Waals surface area contributed by atoms with Crippen LogP contribution < -0.4 is 0 Å². The number of carbonyl (C=O) groups excluding carboxylic acids is 1. The van der Waals surface area contributed by atoms with Crippen LogP contribution in [-0.2, 0) is 11.3 Å². The van der Waals surface area contributed by atoms with Crippen LogP contribution in [0.1, 0.15) is 38.4 Å². The topological polar surface area (TPSA) is 33.5 Å². The molecule has 0 unspecified atom stereocenters. The van der Waals surface area contributed by atoms with Crippen LogP contribution in [0.15, 0.2) is 22.8 Å². The summed E-state index contributed by atoms with van der Waals surface area (Å²) in [4.78, 5) is 12.6. The molecule has 1 rings (SSSR count). The lowest BCUT2D eigenvalue weighted by molar-refractivity contribution is -0.162. The van der Waals surface area contributed by atoms with E-state index in [-0.39, 0.29) is 13.0 Å². The number of alkyl halides is 3. The molecule has 0 atom stereocenters. The molecular weight excluding hydrogens is 259 g/mol. The van der Waals surface area contributed by atoms with Crippen molar-refractivity contribution in [2.75, 3.05) is 6.54 Å². The number of halogens is 3. The number of furan rings is 1. The van der Waals surface area contributed by atoms with Gasteiger partial charge in [-0.15, -0.1) is 0 Å². The van der Waals surface area contributed by atoms with Crippen LogP contribution in [-0.4, -0.2) is 23.5 Å².